The van der Waals surface area contributed by atoms with Crippen LogP contribution in [-0.2, 0) is 4.74 Å². The Morgan fingerprint density at radius 2 is 1.90 bits per heavy atom. The Bertz CT molecular complexity index is 1110. The van der Waals surface area contributed by atoms with Crippen molar-refractivity contribution in [1.82, 2.24) is 19.8 Å². The van der Waals surface area contributed by atoms with Gasteiger partial charge < -0.3 is 19.5 Å². The Labute approximate surface area is 181 Å². The van der Waals surface area contributed by atoms with Crippen LogP contribution >= 0.6 is 12.2 Å². The summed E-state index contributed by atoms with van der Waals surface area (Å²) in [5.74, 6) is -0.355. The van der Waals surface area contributed by atoms with E-state index >= 15 is 0 Å². The summed E-state index contributed by atoms with van der Waals surface area (Å²) in [6.45, 7) is 4.11. The second-order valence-electron chi connectivity index (χ2n) is 7.41. The molecule has 1 aliphatic heterocycles. The SMILES string of the molecule is COC(=O)c1ccccc1-n1c(C)cc(C2C(c3ccccn3)NC(=S)N2C)c1C. The average Bonchev–Trinajstić information content (AvgIpc) is 3.22. The third kappa shape index (κ3) is 3.25. The van der Waals surface area contributed by atoms with Gasteiger partial charge in [0.15, 0.2) is 5.11 Å². The number of aromatic nitrogens is 2. The summed E-state index contributed by atoms with van der Waals surface area (Å²) in [6, 6.07) is 15.5. The van der Waals surface area contributed by atoms with Crippen molar-refractivity contribution in [3.05, 3.63) is 82.9 Å². The number of aryl methyl sites for hydroxylation is 1. The van der Waals surface area contributed by atoms with Crippen LogP contribution in [0.15, 0.2) is 54.7 Å². The van der Waals surface area contributed by atoms with E-state index in [0.717, 1.165) is 28.3 Å². The van der Waals surface area contributed by atoms with Crippen LogP contribution in [0.25, 0.3) is 5.69 Å². The molecule has 30 heavy (non-hydrogen) atoms. The van der Waals surface area contributed by atoms with Crippen molar-refractivity contribution in [2.75, 3.05) is 14.2 Å². The quantitative estimate of drug-likeness (QED) is 0.511. The summed E-state index contributed by atoms with van der Waals surface area (Å²) in [6.07, 6.45) is 1.80. The summed E-state index contributed by atoms with van der Waals surface area (Å²) >= 11 is 5.56. The Balaban J connectivity index is 1.85. The number of nitrogens with zero attached hydrogens (tertiary/aromatic N) is 3. The van der Waals surface area contributed by atoms with Gasteiger partial charge in [-0.2, -0.15) is 0 Å². The monoisotopic (exact) mass is 420 g/mol. The Morgan fingerprint density at radius 3 is 2.60 bits per heavy atom. The highest BCUT2D eigenvalue weighted by molar-refractivity contribution is 7.80. The molecule has 4 rings (SSSR count). The van der Waals surface area contributed by atoms with Crippen molar-refractivity contribution in [1.29, 1.82) is 0 Å². The van der Waals surface area contributed by atoms with Crippen LogP contribution in [0, 0.1) is 13.8 Å². The van der Waals surface area contributed by atoms with Crippen molar-refractivity contribution in [3.8, 4) is 5.69 Å². The maximum absolute atomic E-state index is 12.3. The highest BCUT2D eigenvalue weighted by Gasteiger charge is 2.39. The molecule has 1 aliphatic rings. The number of rotatable bonds is 4. The molecule has 0 spiro atoms. The number of carbonyl (C=O) groups is 1. The summed E-state index contributed by atoms with van der Waals surface area (Å²) in [5, 5.41) is 4.10. The third-order valence-corrected chi connectivity index (χ3v) is 6.08. The maximum Gasteiger partial charge on any atom is 0.339 e. The first-order valence-electron chi connectivity index (χ1n) is 9.75. The smallest absolute Gasteiger partial charge is 0.339 e. The van der Waals surface area contributed by atoms with Crippen LogP contribution < -0.4 is 5.32 Å². The predicted octanol–water partition coefficient (Wildman–Crippen LogP) is 3.88. The first kappa shape index (κ1) is 20.1. The molecule has 154 valence electrons. The van der Waals surface area contributed by atoms with Crippen LogP contribution in [0.3, 0.4) is 0 Å². The highest BCUT2D eigenvalue weighted by Crippen LogP contribution is 2.40. The summed E-state index contributed by atoms with van der Waals surface area (Å²) < 4.78 is 7.10. The van der Waals surface area contributed by atoms with E-state index in [1.807, 2.05) is 50.4 Å². The molecule has 2 atom stereocenters. The second kappa shape index (κ2) is 7.91. The number of thiocarbonyl (C=S) groups is 1. The van der Waals surface area contributed by atoms with Gasteiger partial charge in [0, 0.05) is 24.6 Å². The number of nitrogens with one attached hydrogen (secondary N) is 1. The van der Waals surface area contributed by atoms with E-state index in [9.17, 15) is 4.79 Å². The van der Waals surface area contributed by atoms with Crippen LogP contribution in [0.2, 0.25) is 0 Å². The molecule has 0 bridgehead atoms. The molecule has 1 N–H and O–H groups in total. The number of pyridine rings is 1. The van der Waals surface area contributed by atoms with E-state index in [1.165, 1.54) is 7.11 Å². The van der Waals surface area contributed by atoms with Gasteiger partial charge in [-0.25, -0.2) is 4.79 Å². The van der Waals surface area contributed by atoms with E-state index in [0.29, 0.717) is 10.7 Å². The lowest BCUT2D eigenvalue weighted by Crippen LogP contribution is -2.25. The van der Waals surface area contributed by atoms with Gasteiger partial charge >= 0.3 is 5.97 Å². The lowest BCUT2D eigenvalue weighted by atomic mass is 9.97. The molecule has 2 aromatic heterocycles. The number of para-hydroxylation sites is 1. The standard InChI is InChI=1S/C23H24N4O2S/c1-14-13-17(15(2)27(14)19-11-6-5-9-16(19)22(28)29-4)21-20(25-23(30)26(21)3)18-10-7-8-12-24-18/h5-13,20-21H,1-4H3,(H,25,30). The van der Waals surface area contributed by atoms with E-state index < -0.39 is 0 Å². The molecule has 2 unspecified atom stereocenters. The third-order valence-electron chi connectivity index (χ3n) is 5.68. The fraction of sp³-hybridized carbons (Fsp3) is 0.261. The minimum Gasteiger partial charge on any atom is -0.465 e. The van der Waals surface area contributed by atoms with Crippen molar-refractivity contribution in [2.24, 2.45) is 0 Å². The average molecular weight is 421 g/mol. The first-order chi connectivity index (χ1) is 14.4. The molecular weight excluding hydrogens is 396 g/mol. The van der Waals surface area contributed by atoms with Crippen molar-refractivity contribution in [2.45, 2.75) is 25.9 Å². The number of likely N-dealkylation sites (N-methyl/N-ethyl adjacent to an activating group) is 1. The maximum atomic E-state index is 12.3. The van der Waals surface area contributed by atoms with E-state index in [1.54, 1.807) is 12.3 Å². The second-order valence-corrected chi connectivity index (χ2v) is 7.79. The summed E-state index contributed by atoms with van der Waals surface area (Å²) in [4.78, 5) is 19.0. The zero-order valence-electron chi connectivity index (χ0n) is 17.4. The molecule has 1 saturated heterocycles. The summed E-state index contributed by atoms with van der Waals surface area (Å²) in [7, 11) is 3.40. The molecule has 0 aliphatic carbocycles. The Kier molecular flexibility index (Phi) is 5.30. The van der Waals surface area contributed by atoms with Crippen LogP contribution in [0.4, 0.5) is 0 Å². The topological polar surface area (TPSA) is 59.4 Å². The lowest BCUT2D eigenvalue weighted by Gasteiger charge is -2.24. The number of ether oxygens (including phenoxy) is 1. The van der Waals surface area contributed by atoms with Gasteiger partial charge in [0.05, 0.1) is 36.1 Å². The minimum absolute atomic E-state index is 0.0161. The molecule has 0 amide bonds. The number of hydrogen-bond donors (Lipinski definition) is 1. The minimum atomic E-state index is -0.355. The predicted molar refractivity (Wildman–Crippen MR) is 120 cm³/mol. The zero-order chi connectivity index (χ0) is 21.4. The number of carbonyl (C=O) groups excluding carboxylic acids is 1. The Hall–Kier alpha value is -3.19. The van der Waals surface area contributed by atoms with Gasteiger partial charge in [-0.15, -0.1) is 0 Å². The lowest BCUT2D eigenvalue weighted by molar-refractivity contribution is 0.0600. The molecular formula is C23H24N4O2S. The van der Waals surface area contributed by atoms with Crippen LogP contribution in [0.1, 0.15) is 45.1 Å². The van der Waals surface area contributed by atoms with E-state index in [4.69, 9.17) is 17.0 Å². The largest absolute Gasteiger partial charge is 0.465 e. The van der Waals surface area contributed by atoms with Crippen LogP contribution in [-0.4, -0.2) is 39.7 Å². The Morgan fingerprint density at radius 1 is 1.17 bits per heavy atom. The molecule has 7 heteroatoms. The van der Waals surface area contributed by atoms with Gasteiger partial charge in [-0.1, -0.05) is 18.2 Å². The number of methoxy groups -OCH3 is 1. The van der Waals surface area contributed by atoms with Crippen LogP contribution in [0.5, 0.6) is 0 Å². The summed E-state index contributed by atoms with van der Waals surface area (Å²) in [5.41, 5.74) is 5.49. The number of benzene rings is 1. The van der Waals surface area contributed by atoms with E-state index in [-0.39, 0.29) is 18.1 Å². The highest BCUT2D eigenvalue weighted by atomic mass is 32.1. The van der Waals surface area contributed by atoms with Gasteiger partial charge in [-0.05, 0) is 62.0 Å². The van der Waals surface area contributed by atoms with Crippen molar-refractivity contribution < 1.29 is 9.53 Å². The number of esters is 1. The molecule has 1 fully saturated rings. The molecule has 0 saturated carbocycles. The fourth-order valence-electron chi connectivity index (χ4n) is 4.26. The van der Waals surface area contributed by atoms with Gasteiger partial charge in [-0.3, -0.25) is 4.98 Å². The molecule has 0 radical (unpaired) electrons. The van der Waals surface area contributed by atoms with Gasteiger partial charge in [0.25, 0.3) is 0 Å². The number of hydrogen-bond acceptors (Lipinski definition) is 4. The fourth-order valence-corrected chi connectivity index (χ4v) is 4.50. The van der Waals surface area contributed by atoms with Crippen molar-refractivity contribution in [3.63, 3.8) is 0 Å². The molecule has 6 nitrogen and oxygen atoms in total. The van der Waals surface area contributed by atoms with Gasteiger partial charge in [0.2, 0.25) is 0 Å². The molecule has 1 aromatic carbocycles. The van der Waals surface area contributed by atoms with E-state index in [2.05, 4.69) is 32.8 Å². The molecule has 3 heterocycles. The normalized spacial score (nSPS) is 18.4. The van der Waals surface area contributed by atoms with Gasteiger partial charge in [0.1, 0.15) is 0 Å². The zero-order valence-corrected chi connectivity index (χ0v) is 18.2. The first-order valence-corrected chi connectivity index (χ1v) is 10.2. The molecule has 3 aromatic rings. The van der Waals surface area contributed by atoms with Crippen molar-refractivity contribution >= 4 is 23.3 Å².